The SMILES string of the molecule is CC(C)Oc1cnc(OC[C@@H]2Cc3ccccc3CN2C(=O)c2cccc(Cl)c2)nc1. The molecule has 1 aliphatic rings. The van der Waals surface area contributed by atoms with E-state index in [2.05, 4.69) is 22.1 Å². The molecule has 0 unspecified atom stereocenters. The first-order chi connectivity index (χ1) is 15.0. The first kappa shape index (κ1) is 21.1. The number of rotatable bonds is 6. The first-order valence-corrected chi connectivity index (χ1v) is 10.6. The van der Waals surface area contributed by atoms with Crippen LogP contribution in [0.2, 0.25) is 5.02 Å². The third-order valence-corrected chi connectivity index (χ3v) is 5.30. The number of carbonyl (C=O) groups is 1. The number of nitrogens with zero attached hydrogens (tertiary/aromatic N) is 3. The second-order valence-corrected chi connectivity index (χ2v) is 8.19. The van der Waals surface area contributed by atoms with Gasteiger partial charge < -0.3 is 14.4 Å². The summed E-state index contributed by atoms with van der Waals surface area (Å²) >= 11 is 6.11. The van der Waals surface area contributed by atoms with Crippen molar-refractivity contribution in [2.24, 2.45) is 0 Å². The number of amides is 1. The lowest BCUT2D eigenvalue weighted by Crippen LogP contribution is -2.47. The van der Waals surface area contributed by atoms with Crippen LogP contribution < -0.4 is 9.47 Å². The van der Waals surface area contributed by atoms with Gasteiger partial charge in [-0.05, 0) is 49.6 Å². The second-order valence-electron chi connectivity index (χ2n) is 7.75. The van der Waals surface area contributed by atoms with Gasteiger partial charge in [0, 0.05) is 17.1 Å². The van der Waals surface area contributed by atoms with Crippen molar-refractivity contribution in [2.75, 3.05) is 6.61 Å². The van der Waals surface area contributed by atoms with Crippen LogP contribution in [0.5, 0.6) is 11.8 Å². The lowest BCUT2D eigenvalue weighted by molar-refractivity contribution is 0.0558. The fraction of sp³-hybridized carbons (Fsp3) is 0.292. The van der Waals surface area contributed by atoms with Gasteiger partial charge in [-0.25, -0.2) is 0 Å². The molecule has 160 valence electrons. The Bertz CT molecular complexity index is 1060. The molecule has 0 saturated carbocycles. The first-order valence-electron chi connectivity index (χ1n) is 10.2. The molecule has 1 amide bonds. The molecule has 2 aromatic carbocycles. The normalized spacial score (nSPS) is 15.5. The topological polar surface area (TPSA) is 64.6 Å². The summed E-state index contributed by atoms with van der Waals surface area (Å²) in [4.78, 5) is 23.6. The molecule has 0 saturated heterocycles. The van der Waals surface area contributed by atoms with Gasteiger partial charge in [-0.15, -0.1) is 0 Å². The van der Waals surface area contributed by atoms with Crippen molar-refractivity contribution in [3.63, 3.8) is 0 Å². The number of aromatic nitrogens is 2. The van der Waals surface area contributed by atoms with E-state index in [1.807, 2.05) is 30.9 Å². The number of fused-ring (bicyclic) bond motifs is 1. The monoisotopic (exact) mass is 437 g/mol. The maximum absolute atomic E-state index is 13.3. The highest BCUT2D eigenvalue weighted by molar-refractivity contribution is 6.30. The third kappa shape index (κ3) is 5.14. The van der Waals surface area contributed by atoms with Crippen LogP contribution in [-0.2, 0) is 13.0 Å². The van der Waals surface area contributed by atoms with Crippen molar-refractivity contribution in [1.82, 2.24) is 14.9 Å². The third-order valence-electron chi connectivity index (χ3n) is 5.07. The maximum atomic E-state index is 13.3. The van der Waals surface area contributed by atoms with E-state index in [-0.39, 0.29) is 30.7 Å². The van der Waals surface area contributed by atoms with Crippen LogP contribution in [0.4, 0.5) is 0 Å². The predicted octanol–water partition coefficient (Wildman–Crippen LogP) is 4.56. The largest absolute Gasteiger partial charge is 0.488 e. The van der Waals surface area contributed by atoms with Gasteiger partial charge in [0.1, 0.15) is 6.61 Å². The minimum absolute atomic E-state index is 0.0451. The van der Waals surface area contributed by atoms with Crippen LogP contribution in [0, 0.1) is 0 Å². The summed E-state index contributed by atoms with van der Waals surface area (Å²) in [7, 11) is 0. The zero-order valence-electron chi connectivity index (χ0n) is 17.5. The van der Waals surface area contributed by atoms with Gasteiger partial charge in [-0.3, -0.25) is 4.79 Å². The molecule has 2 heterocycles. The Hall–Kier alpha value is -3.12. The Balaban J connectivity index is 1.52. The van der Waals surface area contributed by atoms with Crippen LogP contribution in [0.15, 0.2) is 60.9 Å². The van der Waals surface area contributed by atoms with Gasteiger partial charge in [0.25, 0.3) is 5.91 Å². The van der Waals surface area contributed by atoms with E-state index in [9.17, 15) is 4.79 Å². The quantitative estimate of drug-likeness (QED) is 0.565. The highest BCUT2D eigenvalue weighted by atomic mass is 35.5. The zero-order chi connectivity index (χ0) is 21.8. The highest BCUT2D eigenvalue weighted by Gasteiger charge is 2.31. The number of halogens is 1. The lowest BCUT2D eigenvalue weighted by atomic mass is 9.93. The Morgan fingerprint density at radius 2 is 1.87 bits per heavy atom. The summed E-state index contributed by atoms with van der Waals surface area (Å²) in [5.41, 5.74) is 2.91. The van der Waals surface area contributed by atoms with E-state index in [1.165, 1.54) is 5.56 Å². The zero-order valence-corrected chi connectivity index (χ0v) is 18.2. The molecule has 4 rings (SSSR count). The van der Waals surface area contributed by atoms with Crippen LogP contribution in [0.25, 0.3) is 0 Å². The Kier molecular flexibility index (Phi) is 6.37. The number of carbonyl (C=O) groups excluding carboxylic acids is 1. The van der Waals surface area contributed by atoms with Crippen molar-refractivity contribution in [3.05, 3.63) is 82.6 Å². The summed E-state index contributed by atoms with van der Waals surface area (Å²) in [6.07, 6.45) is 3.92. The maximum Gasteiger partial charge on any atom is 0.316 e. The number of benzene rings is 2. The van der Waals surface area contributed by atoms with Gasteiger partial charge in [0.15, 0.2) is 5.75 Å². The van der Waals surface area contributed by atoms with Crippen LogP contribution in [0.3, 0.4) is 0 Å². The molecule has 0 N–H and O–H groups in total. The molecule has 0 spiro atoms. The van der Waals surface area contributed by atoms with E-state index >= 15 is 0 Å². The molecule has 0 fully saturated rings. The fourth-order valence-corrected chi connectivity index (χ4v) is 3.83. The van der Waals surface area contributed by atoms with Crippen molar-refractivity contribution in [3.8, 4) is 11.8 Å². The van der Waals surface area contributed by atoms with Crippen molar-refractivity contribution in [1.29, 1.82) is 0 Å². The number of hydrogen-bond donors (Lipinski definition) is 0. The summed E-state index contributed by atoms with van der Waals surface area (Å²) in [6.45, 7) is 4.68. The Morgan fingerprint density at radius 1 is 1.13 bits per heavy atom. The minimum Gasteiger partial charge on any atom is -0.488 e. The van der Waals surface area contributed by atoms with Crippen LogP contribution in [0.1, 0.15) is 35.3 Å². The number of hydrogen-bond acceptors (Lipinski definition) is 5. The molecule has 3 aromatic rings. The summed E-state index contributed by atoms with van der Waals surface area (Å²) in [5, 5.41) is 0.535. The lowest BCUT2D eigenvalue weighted by Gasteiger charge is -2.36. The molecule has 31 heavy (non-hydrogen) atoms. The summed E-state index contributed by atoms with van der Waals surface area (Å²) in [6, 6.07) is 15.3. The van der Waals surface area contributed by atoms with Crippen molar-refractivity contribution in [2.45, 2.75) is 39.0 Å². The molecule has 1 aliphatic heterocycles. The van der Waals surface area contributed by atoms with E-state index in [0.29, 0.717) is 29.3 Å². The Labute approximate surface area is 186 Å². The molecular formula is C24H24ClN3O3. The fourth-order valence-electron chi connectivity index (χ4n) is 3.64. The molecule has 0 aliphatic carbocycles. The van der Waals surface area contributed by atoms with Gasteiger partial charge in [-0.2, -0.15) is 9.97 Å². The highest BCUT2D eigenvalue weighted by Crippen LogP contribution is 2.26. The smallest absolute Gasteiger partial charge is 0.316 e. The predicted molar refractivity (Wildman–Crippen MR) is 119 cm³/mol. The van der Waals surface area contributed by atoms with Crippen LogP contribution in [-0.4, -0.2) is 39.5 Å². The van der Waals surface area contributed by atoms with Gasteiger partial charge >= 0.3 is 6.01 Å². The van der Waals surface area contributed by atoms with Crippen LogP contribution >= 0.6 is 11.6 Å². The van der Waals surface area contributed by atoms with Gasteiger partial charge in [0.2, 0.25) is 0 Å². The van der Waals surface area contributed by atoms with E-state index in [0.717, 1.165) is 5.56 Å². The molecule has 0 bridgehead atoms. The molecule has 1 atom stereocenters. The second kappa shape index (κ2) is 9.35. The summed E-state index contributed by atoms with van der Waals surface area (Å²) < 4.78 is 11.4. The van der Waals surface area contributed by atoms with E-state index in [1.54, 1.807) is 36.7 Å². The molecule has 1 aromatic heterocycles. The number of ether oxygens (including phenoxy) is 2. The Morgan fingerprint density at radius 3 is 2.58 bits per heavy atom. The summed E-state index contributed by atoms with van der Waals surface area (Å²) in [5.74, 6) is 0.513. The minimum atomic E-state index is -0.156. The van der Waals surface area contributed by atoms with E-state index in [4.69, 9.17) is 21.1 Å². The average Bonchev–Trinajstić information content (AvgIpc) is 2.77. The van der Waals surface area contributed by atoms with Gasteiger partial charge in [0.05, 0.1) is 24.5 Å². The van der Waals surface area contributed by atoms with Crippen molar-refractivity contribution >= 4 is 17.5 Å². The van der Waals surface area contributed by atoms with Gasteiger partial charge in [-0.1, -0.05) is 41.9 Å². The van der Waals surface area contributed by atoms with Crippen molar-refractivity contribution < 1.29 is 14.3 Å². The molecule has 0 radical (unpaired) electrons. The molecule has 7 heteroatoms. The molecule has 6 nitrogen and oxygen atoms in total. The van der Waals surface area contributed by atoms with E-state index < -0.39 is 0 Å². The standard InChI is InChI=1S/C24H24ClN3O3/c1-16(2)31-22-12-26-24(27-13-22)30-15-21-11-17-6-3-4-7-19(17)14-28(21)23(29)18-8-5-9-20(25)10-18/h3-10,12-13,16,21H,11,14-15H2,1-2H3/t21-/m0/s1. The average molecular weight is 438 g/mol. The molecular weight excluding hydrogens is 414 g/mol.